The summed E-state index contributed by atoms with van der Waals surface area (Å²) in [6.07, 6.45) is 0.388. The average molecular weight is 196 g/mol. The van der Waals surface area contributed by atoms with Crippen molar-refractivity contribution < 1.29 is 4.79 Å². The van der Waals surface area contributed by atoms with E-state index in [1.807, 2.05) is 13.8 Å². The number of aromatic nitrogens is 2. The molecule has 1 aliphatic heterocycles. The van der Waals surface area contributed by atoms with Crippen LogP contribution in [0.2, 0.25) is 0 Å². The number of rotatable bonds is 1. The predicted octanol–water partition coefficient (Wildman–Crippen LogP) is 0.959. The highest BCUT2D eigenvalue weighted by Crippen LogP contribution is 2.23. The molecule has 0 aliphatic carbocycles. The zero-order chi connectivity index (χ0) is 9.42. The first-order chi connectivity index (χ1) is 6.16. The van der Waals surface area contributed by atoms with Crippen LogP contribution in [0.1, 0.15) is 18.4 Å². The topological polar surface area (TPSA) is 58.5 Å². The van der Waals surface area contributed by atoms with Crippen LogP contribution in [-0.4, -0.2) is 21.8 Å². The fourth-order valence-electron chi connectivity index (χ4n) is 1.08. The lowest BCUT2D eigenvalue weighted by molar-refractivity contribution is -0.116. The van der Waals surface area contributed by atoms with Gasteiger partial charge in [0.1, 0.15) is 5.01 Å². The average Bonchev–Trinajstić information content (AvgIpc) is 2.58. The molecule has 5 nitrogen and oxygen atoms in total. The number of amides is 1. The van der Waals surface area contributed by atoms with Gasteiger partial charge in [-0.3, -0.25) is 4.79 Å². The minimum atomic E-state index is -0.0337. The van der Waals surface area contributed by atoms with E-state index in [9.17, 15) is 4.79 Å². The van der Waals surface area contributed by atoms with Gasteiger partial charge in [0.05, 0.1) is 6.42 Å². The van der Waals surface area contributed by atoms with Crippen LogP contribution in [0, 0.1) is 6.92 Å². The molecular formula is C7H8N4OS. The first-order valence-electron chi connectivity index (χ1n) is 3.84. The Kier molecular flexibility index (Phi) is 1.84. The molecule has 2 rings (SSSR count). The lowest BCUT2D eigenvalue weighted by atomic mass is 10.3. The van der Waals surface area contributed by atoms with E-state index in [1.165, 1.54) is 16.3 Å². The Balaban J connectivity index is 2.32. The van der Waals surface area contributed by atoms with E-state index < -0.39 is 0 Å². The molecule has 0 unspecified atom stereocenters. The maximum atomic E-state index is 11.3. The fraction of sp³-hybridized carbons (Fsp3) is 0.429. The first-order valence-corrected chi connectivity index (χ1v) is 4.65. The van der Waals surface area contributed by atoms with Crippen molar-refractivity contribution in [1.29, 1.82) is 0 Å². The number of nitrogens with zero attached hydrogens (tertiary/aromatic N) is 4. The number of hydrogen-bond donors (Lipinski definition) is 0. The highest BCUT2D eigenvalue weighted by atomic mass is 32.1. The highest BCUT2D eigenvalue weighted by molar-refractivity contribution is 7.15. The standard InChI is InChI=1S/C7H8N4OS/c1-4-3-6(12)11(10-4)7-9-8-5(2)13-7/h3H2,1-2H3. The van der Waals surface area contributed by atoms with Crippen molar-refractivity contribution in [3.05, 3.63) is 5.01 Å². The first kappa shape index (κ1) is 8.31. The van der Waals surface area contributed by atoms with Gasteiger partial charge in [0, 0.05) is 5.71 Å². The Hall–Kier alpha value is -1.30. The van der Waals surface area contributed by atoms with Gasteiger partial charge in [0.25, 0.3) is 5.91 Å². The summed E-state index contributed by atoms with van der Waals surface area (Å²) in [6.45, 7) is 3.67. The number of hydrazone groups is 1. The summed E-state index contributed by atoms with van der Waals surface area (Å²) >= 11 is 1.37. The molecule has 1 aromatic heterocycles. The summed E-state index contributed by atoms with van der Waals surface area (Å²) in [5.74, 6) is -0.0337. The molecule has 0 saturated heterocycles. The molecule has 0 bridgehead atoms. The molecule has 0 radical (unpaired) electrons. The van der Waals surface area contributed by atoms with Crippen LogP contribution in [0.4, 0.5) is 5.13 Å². The molecule has 0 aromatic carbocycles. The number of anilines is 1. The number of carbonyl (C=O) groups is 1. The van der Waals surface area contributed by atoms with E-state index in [4.69, 9.17) is 0 Å². The monoisotopic (exact) mass is 196 g/mol. The second kappa shape index (κ2) is 2.88. The van der Waals surface area contributed by atoms with Crippen molar-refractivity contribution in [3.8, 4) is 0 Å². The summed E-state index contributed by atoms with van der Waals surface area (Å²) in [7, 11) is 0. The van der Waals surface area contributed by atoms with E-state index in [2.05, 4.69) is 15.3 Å². The largest absolute Gasteiger partial charge is 0.272 e. The molecule has 0 fully saturated rings. The van der Waals surface area contributed by atoms with Crippen LogP contribution in [0.3, 0.4) is 0 Å². The van der Waals surface area contributed by atoms with E-state index >= 15 is 0 Å². The van der Waals surface area contributed by atoms with Crippen LogP contribution in [-0.2, 0) is 4.79 Å². The fourth-order valence-corrected chi connectivity index (χ4v) is 1.73. The highest BCUT2D eigenvalue weighted by Gasteiger charge is 2.25. The van der Waals surface area contributed by atoms with Crippen molar-refractivity contribution in [2.45, 2.75) is 20.3 Å². The molecule has 13 heavy (non-hydrogen) atoms. The molecule has 2 heterocycles. The van der Waals surface area contributed by atoms with Crippen LogP contribution >= 0.6 is 11.3 Å². The molecule has 68 valence electrons. The van der Waals surface area contributed by atoms with Crippen LogP contribution in [0.25, 0.3) is 0 Å². The minimum Gasteiger partial charge on any atom is -0.272 e. The van der Waals surface area contributed by atoms with Gasteiger partial charge in [-0.2, -0.15) is 10.1 Å². The van der Waals surface area contributed by atoms with Gasteiger partial charge in [-0.05, 0) is 13.8 Å². The maximum absolute atomic E-state index is 11.3. The molecule has 0 atom stereocenters. The van der Waals surface area contributed by atoms with E-state index in [1.54, 1.807) is 0 Å². The third kappa shape index (κ3) is 1.44. The molecule has 0 N–H and O–H groups in total. The Morgan fingerprint density at radius 2 is 2.15 bits per heavy atom. The Labute approximate surface area is 79.1 Å². The van der Waals surface area contributed by atoms with Crippen molar-refractivity contribution in [1.82, 2.24) is 10.2 Å². The second-order valence-electron chi connectivity index (χ2n) is 2.82. The Morgan fingerprint density at radius 1 is 1.38 bits per heavy atom. The molecule has 1 amide bonds. The van der Waals surface area contributed by atoms with E-state index in [-0.39, 0.29) is 5.91 Å². The van der Waals surface area contributed by atoms with Gasteiger partial charge in [-0.1, -0.05) is 11.3 Å². The van der Waals surface area contributed by atoms with Gasteiger partial charge in [0.15, 0.2) is 0 Å². The van der Waals surface area contributed by atoms with Crippen LogP contribution < -0.4 is 5.01 Å². The molecular weight excluding hydrogens is 188 g/mol. The smallest absolute Gasteiger partial charge is 0.255 e. The zero-order valence-electron chi connectivity index (χ0n) is 7.31. The second-order valence-corrected chi connectivity index (χ2v) is 3.98. The van der Waals surface area contributed by atoms with Gasteiger partial charge < -0.3 is 0 Å². The van der Waals surface area contributed by atoms with E-state index in [0.29, 0.717) is 11.6 Å². The number of hydrogen-bond acceptors (Lipinski definition) is 5. The summed E-state index contributed by atoms with van der Waals surface area (Å²) in [5, 5.41) is 14.4. The molecule has 1 aromatic rings. The Bertz CT molecular complexity index is 384. The van der Waals surface area contributed by atoms with Crippen LogP contribution in [0.5, 0.6) is 0 Å². The van der Waals surface area contributed by atoms with Gasteiger partial charge >= 0.3 is 0 Å². The Morgan fingerprint density at radius 3 is 2.62 bits per heavy atom. The molecule has 0 spiro atoms. The summed E-state index contributed by atoms with van der Waals surface area (Å²) in [6, 6.07) is 0. The zero-order valence-corrected chi connectivity index (χ0v) is 8.13. The van der Waals surface area contributed by atoms with Crippen LogP contribution in [0.15, 0.2) is 5.10 Å². The van der Waals surface area contributed by atoms with Crippen molar-refractivity contribution in [3.63, 3.8) is 0 Å². The molecule has 0 saturated carbocycles. The SMILES string of the molecule is CC1=NN(c2nnc(C)s2)C(=O)C1. The summed E-state index contributed by atoms with van der Waals surface area (Å²) in [5.41, 5.74) is 0.817. The van der Waals surface area contributed by atoms with Gasteiger partial charge in [-0.15, -0.1) is 10.2 Å². The quantitative estimate of drug-likeness (QED) is 0.672. The molecule has 6 heteroatoms. The number of aryl methyl sites for hydroxylation is 1. The van der Waals surface area contributed by atoms with Crippen molar-refractivity contribution in [2.24, 2.45) is 5.10 Å². The minimum absolute atomic E-state index is 0.0337. The summed E-state index contributed by atoms with van der Waals surface area (Å²) < 4.78 is 0. The van der Waals surface area contributed by atoms with Crippen molar-refractivity contribution >= 4 is 28.1 Å². The number of carbonyl (C=O) groups excluding carboxylic acids is 1. The lowest BCUT2D eigenvalue weighted by Gasteiger charge is -2.04. The lowest BCUT2D eigenvalue weighted by Crippen LogP contribution is -2.19. The third-order valence-electron chi connectivity index (χ3n) is 1.61. The normalized spacial score (nSPS) is 16.6. The summed E-state index contributed by atoms with van der Waals surface area (Å²) in [4.78, 5) is 11.3. The third-order valence-corrected chi connectivity index (χ3v) is 2.42. The van der Waals surface area contributed by atoms with Crippen molar-refractivity contribution in [2.75, 3.05) is 5.01 Å². The maximum Gasteiger partial charge on any atom is 0.255 e. The van der Waals surface area contributed by atoms with Gasteiger partial charge in [0.2, 0.25) is 5.13 Å². The van der Waals surface area contributed by atoms with Gasteiger partial charge in [-0.25, -0.2) is 0 Å². The molecule has 1 aliphatic rings. The predicted molar refractivity (Wildman–Crippen MR) is 49.9 cm³/mol. The van der Waals surface area contributed by atoms with E-state index in [0.717, 1.165) is 10.7 Å².